The quantitative estimate of drug-likeness (QED) is 0.335. The Morgan fingerprint density at radius 3 is 3.22 bits per heavy atom. The van der Waals surface area contributed by atoms with Crippen LogP contribution in [0.5, 0.6) is 0 Å². The molecule has 1 aliphatic rings. The first-order valence-corrected chi connectivity index (χ1v) is 6.85. The van der Waals surface area contributed by atoms with E-state index in [1.54, 1.807) is 18.3 Å². The van der Waals surface area contributed by atoms with Gasteiger partial charge in [-0.15, -0.1) is 11.3 Å². The Hall–Kier alpha value is -1.56. The van der Waals surface area contributed by atoms with Crippen LogP contribution in [0.2, 0.25) is 0 Å². The summed E-state index contributed by atoms with van der Waals surface area (Å²) in [5, 5.41) is 16.3. The van der Waals surface area contributed by atoms with E-state index in [1.807, 2.05) is 11.4 Å². The van der Waals surface area contributed by atoms with Crippen LogP contribution in [-0.2, 0) is 11.2 Å². The highest BCUT2D eigenvalue weighted by atomic mass is 32.1. The lowest BCUT2D eigenvalue weighted by atomic mass is 9.87. The average Bonchev–Trinajstić information content (AvgIpc) is 2.85. The molecule has 6 heteroatoms. The lowest BCUT2D eigenvalue weighted by molar-refractivity contribution is -0.123. The number of fused-ring (bicyclic) bond motifs is 1. The molecule has 2 unspecified atom stereocenters. The highest BCUT2D eigenvalue weighted by molar-refractivity contribution is 7.10. The van der Waals surface area contributed by atoms with Crippen LogP contribution in [0.15, 0.2) is 16.6 Å². The summed E-state index contributed by atoms with van der Waals surface area (Å²) < 4.78 is 0. The first-order valence-electron chi connectivity index (χ1n) is 5.97. The molecule has 0 bridgehead atoms. The van der Waals surface area contributed by atoms with E-state index >= 15 is 0 Å². The molecule has 1 heterocycles. The molecule has 1 aromatic heterocycles. The van der Waals surface area contributed by atoms with Crippen molar-refractivity contribution in [1.29, 1.82) is 0 Å². The number of nitrogens with two attached hydrogens (primary N) is 1. The van der Waals surface area contributed by atoms with Gasteiger partial charge in [0, 0.05) is 4.88 Å². The zero-order chi connectivity index (χ0) is 13.1. The summed E-state index contributed by atoms with van der Waals surface area (Å²) in [6, 6.07) is 1.57. The molecule has 0 fully saturated rings. The Kier molecular flexibility index (Phi) is 3.86. The van der Waals surface area contributed by atoms with Crippen LogP contribution >= 0.6 is 11.3 Å². The third-order valence-corrected chi connectivity index (χ3v) is 4.28. The Morgan fingerprint density at radius 2 is 2.50 bits per heavy atom. The highest BCUT2D eigenvalue weighted by Gasteiger charge is 2.28. The van der Waals surface area contributed by atoms with Crippen LogP contribution in [0, 0.1) is 0 Å². The third kappa shape index (κ3) is 2.48. The van der Waals surface area contributed by atoms with Gasteiger partial charge in [-0.3, -0.25) is 4.79 Å². The Balaban J connectivity index is 2.08. The number of amides is 1. The third-order valence-electron chi connectivity index (χ3n) is 3.29. The van der Waals surface area contributed by atoms with Gasteiger partial charge in [0.25, 0.3) is 0 Å². The van der Waals surface area contributed by atoms with Gasteiger partial charge in [0.2, 0.25) is 5.91 Å². The van der Waals surface area contributed by atoms with Crippen molar-refractivity contribution < 1.29 is 10.0 Å². The molecular formula is C12H17N3O2S. The van der Waals surface area contributed by atoms with Gasteiger partial charge in [0.1, 0.15) is 0 Å². The van der Waals surface area contributed by atoms with Crippen LogP contribution in [0.25, 0.3) is 0 Å². The number of hydrogen-bond acceptors (Lipinski definition) is 4. The summed E-state index contributed by atoms with van der Waals surface area (Å²) in [4.78, 5) is 13.5. The van der Waals surface area contributed by atoms with E-state index in [-0.39, 0.29) is 17.7 Å². The number of carbonyl (C=O) groups is 1. The lowest BCUT2D eigenvalue weighted by Gasteiger charge is -2.23. The first kappa shape index (κ1) is 12.9. The van der Waals surface area contributed by atoms with Crippen molar-refractivity contribution in [2.75, 3.05) is 0 Å². The lowest BCUT2D eigenvalue weighted by Crippen LogP contribution is -2.44. The number of oxime groups is 1. The molecule has 98 valence electrons. The van der Waals surface area contributed by atoms with Crippen molar-refractivity contribution in [2.45, 2.75) is 38.1 Å². The molecule has 4 N–H and O–H groups in total. The molecule has 0 saturated heterocycles. The zero-order valence-corrected chi connectivity index (χ0v) is 11.0. The van der Waals surface area contributed by atoms with Crippen LogP contribution in [-0.4, -0.2) is 23.0 Å². The molecule has 1 aromatic rings. The number of rotatable bonds is 3. The largest absolute Gasteiger partial charge is 0.409 e. The van der Waals surface area contributed by atoms with E-state index in [0.717, 1.165) is 24.8 Å². The number of aryl methyl sites for hydroxylation is 1. The molecule has 0 spiro atoms. The molecule has 2 atom stereocenters. The van der Waals surface area contributed by atoms with Crippen molar-refractivity contribution in [3.63, 3.8) is 0 Å². The monoisotopic (exact) mass is 267 g/mol. The maximum Gasteiger partial charge on any atom is 0.228 e. The minimum atomic E-state index is -0.452. The zero-order valence-electron chi connectivity index (χ0n) is 10.2. The minimum absolute atomic E-state index is 0.0182. The topological polar surface area (TPSA) is 87.7 Å². The van der Waals surface area contributed by atoms with Crippen molar-refractivity contribution in [2.24, 2.45) is 10.9 Å². The molecule has 0 radical (unpaired) electrons. The van der Waals surface area contributed by atoms with Gasteiger partial charge in [-0.25, -0.2) is 0 Å². The van der Waals surface area contributed by atoms with Crippen molar-refractivity contribution in [3.8, 4) is 0 Å². The second-order valence-electron chi connectivity index (χ2n) is 4.50. The maximum absolute atomic E-state index is 12.2. The summed E-state index contributed by atoms with van der Waals surface area (Å²) in [6.45, 7) is 1.70. The van der Waals surface area contributed by atoms with E-state index in [2.05, 4.69) is 10.5 Å². The molecule has 0 aliphatic heterocycles. The van der Waals surface area contributed by atoms with Crippen molar-refractivity contribution >= 4 is 23.1 Å². The van der Waals surface area contributed by atoms with Gasteiger partial charge in [0.15, 0.2) is 5.84 Å². The highest BCUT2D eigenvalue weighted by Crippen LogP contribution is 2.34. The average molecular weight is 267 g/mol. The van der Waals surface area contributed by atoms with E-state index in [1.165, 1.54) is 4.88 Å². The van der Waals surface area contributed by atoms with Crippen LogP contribution in [0.3, 0.4) is 0 Å². The molecule has 0 saturated carbocycles. The number of hydrogen-bond donors (Lipinski definition) is 3. The molecular weight excluding hydrogens is 250 g/mol. The minimum Gasteiger partial charge on any atom is -0.409 e. The van der Waals surface area contributed by atoms with Crippen LogP contribution in [0.1, 0.15) is 36.1 Å². The van der Waals surface area contributed by atoms with E-state index in [9.17, 15) is 4.79 Å². The summed E-state index contributed by atoms with van der Waals surface area (Å²) in [7, 11) is 0. The van der Waals surface area contributed by atoms with Gasteiger partial charge >= 0.3 is 0 Å². The summed E-state index contributed by atoms with van der Waals surface area (Å²) in [5.74, 6) is -0.132. The molecule has 0 aromatic carbocycles. The number of amidine groups is 1. The second-order valence-corrected chi connectivity index (χ2v) is 5.50. The summed E-state index contributed by atoms with van der Waals surface area (Å²) in [5.41, 5.74) is 6.59. The molecule has 18 heavy (non-hydrogen) atoms. The first-order chi connectivity index (χ1) is 8.63. The molecule has 5 nitrogen and oxygen atoms in total. The second kappa shape index (κ2) is 5.39. The normalized spacial score (nSPS) is 21.2. The predicted octanol–water partition coefficient (Wildman–Crippen LogP) is 1.42. The van der Waals surface area contributed by atoms with Crippen molar-refractivity contribution in [3.05, 3.63) is 21.9 Å². The van der Waals surface area contributed by atoms with Gasteiger partial charge in [-0.1, -0.05) is 5.16 Å². The number of nitrogens with zero attached hydrogens (tertiary/aromatic N) is 1. The Labute approximate surface area is 110 Å². The maximum atomic E-state index is 12.2. The fourth-order valence-corrected chi connectivity index (χ4v) is 3.22. The fraction of sp³-hybridized carbons (Fsp3) is 0.500. The van der Waals surface area contributed by atoms with Gasteiger partial charge in [-0.2, -0.15) is 0 Å². The number of thiophene rings is 1. The summed E-state index contributed by atoms with van der Waals surface area (Å²) in [6.07, 6.45) is 2.95. The molecule has 1 amide bonds. The van der Waals surface area contributed by atoms with E-state index < -0.39 is 6.04 Å². The molecule has 2 rings (SSSR count). The predicted molar refractivity (Wildman–Crippen MR) is 71.0 cm³/mol. The smallest absolute Gasteiger partial charge is 0.228 e. The van der Waals surface area contributed by atoms with Gasteiger partial charge < -0.3 is 16.3 Å². The van der Waals surface area contributed by atoms with E-state index in [4.69, 9.17) is 10.9 Å². The number of carbonyl (C=O) groups excluding carboxylic acids is 1. The SMILES string of the molecule is CC(NC(=O)C1CCCc2sccc21)/C(N)=N/O. The van der Waals surface area contributed by atoms with Gasteiger partial charge in [-0.05, 0) is 43.2 Å². The van der Waals surface area contributed by atoms with Crippen molar-refractivity contribution in [1.82, 2.24) is 5.32 Å². The van der Waals surface area contributed by atoms with Crippen LogP contribution < -0.4 is 11.1 Å². The standard InChI is InChI=1S/C12H17N3O2S/c1-7(11(13)15-17)14-12(16)9-3-2-4-10-8(9)5-6-18-10/h5-7,9,17H,2-4H2,1H3,(H2,13,15)(H,14,16). The Bertz CT molecular complexity index is 470. The summed E-state index contributed by atoms with van der Waals surface area (Å²) >= 11 is 1.71. The number of nitrogens with one attached hydrogen (secondary N) is 1. The van der Waals surface area contributed by atoms with Crippen LogP contribution in [0.4, 0.5) is 0 Å². The molecule has 1 aliphatic carbocycles. The fourth-order valence-electron chi connectivity index (χ4n) is 2.23. The Morgan fingerprint density at radius 1 is 1.72 bits per heavy atom. The van der Waals surface area contributed by atoms with Gasteiger partial charge in [0.05, 0.1) is 12.0 Å². The van der Waals surface area contributed by atoms with E-state index in [0.29, 0.717) is 0 Å².